The van der Waals surface area contributed by atoms with E-state index in [4.69, 9.17) is 39.6 Å². The molecule has 0 spiro atoms. The molecule has 3 aliphatic heterocycles. The molecule has 0 saturated carbocycles. The monoisotopic (exact) mass is 1100 g/mol. The fourth-order valence-electron chi connectivity index (χ4n) is 5.04. The third-order valence-electron chi connectivity index (χ3n) is 8.16. The van der Waals surface area contributed by atoms with Crippen LogP contribution in [0.2, 0.25) is 5.15 Å². The van der Waals surface area contributed by atoms with Crippen molar-refractivity contribution in [3.8, 4) is 0 Å². The fourth-order valence-corrected chi connectivity index (χ4v) is 5.27. The van der Waals surface area contributed by atoms with Crippen LogP contribution in [0.1, 0.15) is 14.4 Å². The Balaban J connectivity index is 0. The molecule has 327 valence electrons. The van der Waals surface area contributed by atoms with Gasteiger partial charge in [0.05, 0.1) is 21.2 Å². The van der Waals surface area contributed by atoms with Crippen molar-refractivity contribution in [2.45, 2.75) is 14.4 Å². The van der Waals surface area contributed by atoms with Gasteiger partial charge < -0.3 is 103 Å². The van der Waals surface area contributed by atoms with E-state index in [1.807, 2.05) is 11.9 Å². The smallest absolute Gasteiger partial charge is 0.334 e. The zero-order valence-electron chi connectivity index (χ0n) is 32.9. The van der Waals surface area contributed by atoms with Crippen LogP contribution in [0.3, 0.4) is 0 Å². The number of likely N-dealkylation sites (N-methyl/N-ethyl adjacent to an activating group) is 3. The number of aliphatic hydroxyl groups is 1. The number of nitrogens with two attached hydrogens (primary N) is 4. The van der Waals surface area contributed by atoms with Crippen molar-refractivity contribution in [1.82, 2.24) is 35.0 Å². The van der Waals surface area contributed by atoms with Crippen LogP contribution < -0.4 is 38.1 Å². The Labute approximate surface area is 386 Å². The average molecular weight is 1100 g/mol. The Morgan fingerprint density at radius 3 is 1.40 bits per heavy atom. The molecular formula is C34H59ClI2N15O5V-. The Kier molecular flexibility index (Phi) is 30.7. The molecule has 3 fully saturated rings. The van der Waals surface area contributed by atoms with Gasteiger partial charge in [0.1, 0.15) is 11.4 Å². The zero-order chi connectivity index (χ0) is 42.4. The predicted octanol–water partition coefficient (Wildman–Crippen LogP) is 3.68. The van der Waals surface area contributed by atoms with Gasteiger partial charge in [-0.15, -0.1) is 0 Å². The predicted molar refractivity (Wildman–Crippen MR) is 250 cm³/mol. The molecule has 0 aliphatic carbocycles. The van der Waals surface area contributed by atoms with Crippen LogP contribution in [0, 0.1) is 22.2 Å². The summed E-state index contributed by atoms with van der Waals surface area (Å²) in [7, 11) is 7.30. The molecule has 10 N–H and O–H groups in total. The summed E-state index contributed by atoms with van der Waals surface area (Å²) in [6.45, 7) is 14.0. The number of nitro groups is 2. The molecule has 1 radical (unpaired) electrons. The standard InChI is InChI=1S/C10H15N5O2.C10H17N5.C5H4ClN3O2.C5H12N2.C2H3I2.CH4O.CH4.V/c1-13-4-6-14(7-5-13)10-9(15(16)17)8(11)2-3-12-10;1-14-4-6-15(7-5-14)10-9(12)8(11)2-3-13-10;6-5-4(9(10)11)3(7)1-2-8-5;1-7-4-2-6-3-5-7;1-2(3)4;1-2;;/h2-3H,4-7H2,1H3,(H2,11,12);2-3H,4-7,12H2,1H3,(H2,11,13);1-2H,(H2,7,8);6H,2-5H2,1H3;1H3;2H,1H3;1H4;/q;;;;-1;;;. The number of nitrogen functional groups attached to an aromatic ring is 4. The summed E-state index contributed by atoms with van der Waals surface area (Å²) in [6.07, 6.45) is 4.53. The molecule has 6 rings (SSSR count). The first-order valence-electron chi connectivity index (χ1n) is 17.3. The third kappa shape index (κ3) is 20.9. The minimum absolute atomic E-state index is 0. The number of piperazine rings is 3. The van der Waals surface area contributed by atoms with E-state index >= 15 is 0 Å². The van der Waals surface area contributed by atoms with E-state index in [9.17, 15) is 20.2 Å². The normalized spacial score (nSPS) is 15.3. The van der Waals surface area contributed by atoms with E-state index in [1.54, 1.807) is 12.3 Å². The first-order chi connectivity index (χ1) is 26.5. The number of nitrogens with one attached hydrogen (secondary N) is 1. The van der Waals surface area contributed by atoms with E-state index in [-0.39, 0.29) is 53.9 Å². The zero-order valence-corrected chi connectivity index (χ0v) is 39.4. The van der Waals surface area contributed by atoms with Crippen molar-refractivity contribution < 1.29 is 33.5 Å². The number of aromatic nitrogens is 3. The second kappa shape index (κ2) is 31.1. The van der Waals surface area contributed by atoms with Crippen LogP contribution in [0.25, 0.3) is 0 Å². The van der Waals surface area contributed by atoms with Gasteiger partial charge >= 0.3 is 11.4 Å². The van der Waals surface area contributed by atoms with Crippen LogP contribution in [-0.2, 0) is 18.6 Å². The summed E-state index contributed by atoms with van der Waals surface area (Å²) >= 11 is 9.89. The minimum Gasteiger partial charge on any atom is -0.400 e. The third-order valence-corrected chi connectivity index (χ3v) is 8.44. The summed E-state index contributed by atoms with van der Waals surface area (Å²) in [4.78, 5) is 42.9. The van der Waals surface area contributed by atoms with Crippen molar-refractivity contribution in [3.63, 3.8) is 0 Å². The summed E-state index contributed by atoms with van der Waals surface area (Å²) in [5, 5.41) is 31.3. The maximum Gasteiger partial charge on any atom is 0.334 e. The number of rotatable bonds is 4. The molecular weight excluding hydrogens is 1040 g/mol. The summed E-state index contributed by atoms with van der Waals surface area (Å²) in [5.41, 5.74) is 23.5. The molecule has 0 amide bonds. The van der Waals surface area contributed by atoms with E-state index < -0.39 is 9.85 Å². The average Bonchev–Trinajstić information content (AvgIpc) is 3.15. The van der Waals surface area contributed by atoms with Crippen molar-refractivity contribution >= 4 is 103 Å². The van der Waals surface area contributed by atoms with E-state index in [2.05, 4.69) is 106 Å². The summed E-state index contributed by atoms with van der Waals surface area (Å²) in [6, 6.07) is 4.51. The number of pyridine rings is 3. The van der Waals surface area contributed by atoms with E-state index in [0.29, 0.717) is 17.2 Å². The molecule has 6 heterocycles. The number of halogens is 3. The molecule has 3 aromatic rings. The van der Waals surface area contributed by atoms with Gasteiger partial charge in [-0.3, -0.25) is 20.2 Å². The van der Waals surface area contributed by atoms with E-state index in [1.165, 1.54) is 39.5 Å². The molecule has 20 nitrogen and oxygen atoms in total. The van der Waals surface area contributed by atoms with Crippen molar-refractivity contribution in [2.24, 2.45) is 0 Å². The summed E-state index contributed by atoms with van der Waals surface area (Å²) in [5.74, 6) is 1.20. The first-order valence-corrected chi connectivity index (χ1v) is 19.9. The molecule has 0 bridgehead atoms. The van der Waals surface area contributed by atoms with Crippen LogP contribution in [0.15, 0.2) is 36.8 Å². The number of hydrogen-bond acceptors (Lipinski definition) is 18. The Morgan fingerprint density at radius 1 is 0.690 bits per heavy atom. The minimum atomic E-state index is -0.662. The Hall–Kier alpha value is -2.82. The Bertz CT molecular complexity index is 1600. The van der Waals surface area contributed by atoms with Gasteiger partial charge in [0.2, 0.25) is 11.0 Å². The second-order valence-electron chi connectivity index (χ2n) is 12.3. The van der Waals surface area contributed by atoms with Gasteiger partial charge in [0.25, 0.3) is 0 Å². The topological polar surface area (TPSA) is 277 Å². The van der Waals surface area contributed by atoms with Gasteiger partial charge in [-0.25, -0.2) is 15.0 Å². The van der Waals surface area contributed by atoms with Gasteiger partial charge in [0, 0.05) is 123 Å². The molecule has 0 atom stereocenters. The molecule has 58 heavy (non-hydrogen) atoms. The van der Waals surface area contributed by atoms with E-state index in [0.717, 1.165) is 78.4 Å². The quantitative estimate of drug-likeness (QED) is 0.0715. The molecule has 0 unspecified atom stereocenters. The maximum atomic E-state index is 11.0. The van der Waals surface area contributed by atoms with Crippen molar-refractivity contribution in [2.75, 3.05) is 140 Å². The molecule has 24 heteroatoms. The number of nitrogens with zero attached hydrogens (tertiary/aromatic N) is 10. The molecule has 3 saturated heterocycles. The van der Waals surface area contributed by atoms with Crippen LogP contribution >= 0.6 is 56.8 Å². The van der Waals surface area contributed by atoms with Gasteiger partial charge in [-0.05, 0) is 39.3 Å². The van der Waals surface area contributed by atoms with Crippen LogP contribution in [0.5, 0.6) is 0 Å². The largest absolute Gasteiger partial charge is 0.400 e. The van der Waals surface area contributed by atoms with Gasteiger partial charge in [-0.2, -0.15) is 8.86 Å². The number of aliphatic hydroxyl groups excluding tert-OH is 1. The summed E-state index contributed by atoms with van der Waals surface area (Å²) < 4.78 is 1.36. The number of anilines is 6. The Morgan fingerprint density at radius 2 is 1.03 bits per heavy atom. The van der Waals surface area contributed by atoms with Gasteiger partial charge in [0.15, 0.2) is 5.82 Å². The molecule has 0 aromatic carbocycles. The second-order valence-corrected chi connectivity index (χ2v) is 18.0. The first kappa shape index (κ1) is 57.3. The van der Waals surface area contributed by atoms with Crippen LogP contribution in [-0.4, -0.2) is 151 Å². The van der Waals surface area contributed by atoms with Crippen LogP contribution in [0.4, 0.5) is 45.8 Å². The maximum absolute atomic E-state index is 11.0. The van der Waals surface area contributed by atoms with Gasteiger partial charge in [-0.1, -0.05) is 19.0 Å². The van der Waals surface area contributed by atoms with Crippen molar-refractivity contribution in [3.05, 3.63) is 64.1 Å². The van der Waals surface area contributed by atoms with Crippen molar-refractivity contribution in [1.29, 1.82) is 0 Å². The SMILES string of the molecule is C.CN1CCN(c2nccc(N)c2N)CC1.CN1CCN(c2nccc(N)c2[N+](=O)[O-])CC1.CN1CCNCC1.CO.C[C-](I)I.Nc1ccnc(Cl)c1[N+](=O)[O-].[V]. The number of hydrogen-bond donors (Lipinski definition) is 6. The molecule has 3 aromatic heterocycles. The fraction of sp³-hybridized carbons (Fsp3) is 0.529. The molecule has 3 aliphatic rings.